The van der Waals surface area contributed by atoms with Gasteiger partial charge in [0.05, 0.1) is 12.6 Å². The number of sulfonamides is 1. The van der Waals surface area contributed by atoms with Crippen molar-refractivity contribution in [3.05, 3.63) is 54.3 Å². The van der Waals surface area contributed by atoms with E-state index in [1.54, 1.807) is 18.2 Å². The number of hydrogen-bond donors (Lipinski definition) is 2. The summed E-state index contributed by atoms with van der Waals surface area (Å²) >= 11 is 0. The molecule has 0 radical (unpaired) electrons. The van der Waals surface area contributed by atoms with Crippen LogP contribution in [0.3, 0.4) is 0 Å². The molecule has 7 nitrogen and oxygen atoms in total. The SMILES string of the molecule is O=C(Nc1ccc(F)cc1)N1CC2NS(=O)(=O)c3ccccc3OC2C1. The van der Waals surface area contributed by atoms with E-state index in [2.05, 4.69) is 10.0 Å². The Kier molecular flexibility index (Phi) is 4.04. The molecule has 0 aliphatic carbocycles. The van der Waals surface area contributed by atoms with E-state index in [0.29, 0.717) is 5.69 Å². The summed E-state index contributed by atoms with van der Waals surface area (Å²) in [5, 5.41) is 2.66. The van der Waals surface area contributed by atoms with Gasteiger partial charge in [0.25, 0.3) is 0 Å². The number of hydrogen-bond acceptors (Lipinski definition) is 4. The summed E-state index contributed by atoms with van der Waals surface area (Å²) < 4.78 is 46.4. The molecule has 0 bridgehead atoms. The van der Waals surface area contributed by atoms with E-state index in [-0.39, 0.29) is 23.7 Å². The van der Waals surface area contributed by atoms with Crippen LogP contribution in [0, 0.1) is 5.82 Å². The van der Waals surface area contributed by atoms with Crippen LogP contribution < -0.4 is 14.8 Å². The normalized spacial score (nSPS) is 23.3. The van der Waals surface area contributed by atoms with Gasteiger partial charge in [0.1, 0.15) is 22.6 Å². The van der Waals surface area contributed by atoms with Crippen molar-refractivity contribution >= 4 is 21.7 Å². The minimum Gasteiger partial charge on any atom is -0.485 e. The van der Waals surface area contributed by atoms with Gasteiger partial charge in [-0.15, -0.1) is 0 Å². The lowest BCUT2D eigenvalue weighted by Crippen LogP contribution is -2.43. The van der Waals surface area contributed by atoms with E-state index in [1.807, 2.05) is 0 Å². The number of rotatable bonds is 1. The molecule has 1 saturated heterocycles. The van der Waals surface area contributed by atoms with E-state index in [1.165, 1.54) is 35.2 Å². The third-order valence-electron chi connectivity index (χ3n) is 4.37. The van der Waals surface area contributed by atoms with Crippen LogP contribution >= 0.6 is 0 Å². The topological polar surface area (TPSA) is 87.7 Å². The molecule has 2 aliphatic rings. The van der Waals surface area contributed by atoms with Gasteiger partial charge in [-0.25, -0.2) is 22.3 Å². The van der Waals surface area contributed by atoms with Gasteiger partial charge in [-0.1, -0.05) is 12.1 Å². The molecule has 2 heterocycles. The van der Waals surface area contributed by atoms with Crippen molar-refractivity contribution in [1.82, 2.24) is 9.62 Å². The minimum atomic E-state index is -3.72. The highest BCUT2D eigenvalue weighted by Crippen LogP contribution is 2.30. The Morgan fingerprint density at radius 1 is 1.15 bits per heavy atom. The van der Waals surface area contributed by atoms with Gasteiger partial charge in [-0.3, -0.25) is 0 Å². The largest absolute Gasteiger partial charge is 0.485 e. The minimum absolute atomic E-state index is 0.0942. The first-order chi connectivity index (χ1) is 12.4. The van der Waals surface area contributed by atoms with Gasteiger partial charge < -0.3 is 15.0 Å². The molecule has 9 heteroatoms. The predicted molar refractivity (Wildman–Crippen MR) is 92.0 cm³/mol. The smallest absolute Gasteiger partial charge is 0.322 e. The van der Waals surface area contributed by atoms with Gasteiger partial charge in [0, 0.05) is 12.2 Å². The van der Waals surface area contributed by atoms with Gasteiger partial charge in [-0.05, 0) is 36.4 Å². The van der Waals surface area contributed by atoms with Crippen LogP contribution in [0.5, 0.6) is 5.75 Å². The second kappa shape index (κ2) is 6.26. The number of benzene rings is 2. The van der Waals surface area contributed by atoms with Crippen molar-refractivity contribution in [3.8, 4) is 5.75 Å². The second-order valence-electron chi connectivity index (χ2n) is 6.17. The van der Waals surface area contributed by atoms with E-state index >= 15 is 0 Å². The van der Waals surface area contributed by atoms with Crippen LogP contribution in [0.4, 0.5) is 14.9 Å². The van der Waals surface area contributed by atoms with Crippen LogP contribution in [0.2, 0.25) is 0 Å². The number of likely N-dealkylation sites (tertiary alicyclic amines) is 1. The molecule has 1 fully saturated rings. The summed E-state index contributed by atoms with van der Waals surface area (Å²) in [6, 6.07) is 10.9. The maximum atomic E-state index is 13.0. The number of carbonyl (C=O) groups excluding carboxylic acids is 1. The van der Waals surface area contributed by atoms with E-state index in [9.17, 15) is 17.6 Å². The van der Waals surface area contributed by atoms with Crippen molar-refractivity contribution in [2.24, 2.45) is 0 Å². The fourth-order valence-corrected chi connectivity index (χ4v) is 4.49. The number of halogens is 1. The number of amides is 2. The number of nitrogens with one attached hydrogen (secondary N) is 2. The van der Waals surface area contributed by atoms with Crippen molar-refractivity contribution in [2.45, 2.75) is 17.0 Å². The second-order valence-corrected chi connectivity index (χ2v) is 7.86. The summed E-state index contributed by atoms with van der Waals surface area (Å²) in [6.45, 7) is 0.402. The number of nitrogens with zero attached hydrogens (tertiary/aromatic N) is 1. The third kappa shape index (κ3) is 3.11. The molecule has 4 rings (SSSR count). The highest BCUT2D eigenvalue weighted by Gasteiger charge is 2.42. The average molecular weight is 377 g/mol. The van der Waals surface area contributed by atoms with Crippen LogP contribution in [0.15, 0.2) is 53.4 Å². The Balaban J connectivity index is 1.51. The number of anilines is 1. The summed E-state index contributed by atoms with van der Waals surface area (Å²) in [5.41, 5.74) is 0.454. The molecule has 26 heavy (non-hydrogen) atoms. The summed E-state index contributed by atoms with van der Waals surface area (Å²) in [6.07, 6.45) is -0.493. The van der Waals surface area contributed by atoms with Crippen LogP contribution in [0.25, 0.3) is 0 Å². The average Bonchev–Trinajstić information content (AvgIpc) is 2.95. The number of carbonyl (C=O) groups is 1. The molecule has 2 N–H and O–H groups in total. The molecule has 2 unspecified atom stereocenters. The first-order valence-corrected chi connectivity index (χ1v) is 9.50. The van der Waals surface area contributed by atoms with Gasteiger partial charge >= 0.3 is 6.03 Å². The van der Waals surface area contributed by atoms with Crippen molar-refractivity contribution in [1.29, 1.82) is 0 Å². The van der Waals surface area contributed by atoms with E-state index < -0.39 is 34.0 Å². The lowest BCUT2D eigenvalue weighted by molar-refractivity contribution is 0.184. The van der Waals surface area contributed by atoms with Crippen molar-refractivity contribution in [2.75, 3.05) is 18.4 Å². The molecule has 2 aliphatic heterocycles. The number of ether oxygens (including phenoxy) is 1. The zero-order valence-electron chi connectivity index (χ0n) is 13.6. The van der Waals surface area contributed by atoms with Crippen LogP contribution in [-0.2, 0) is 10.0 Å². The first-order valence-electron chi connectivity index (χ1n) is 8.02. The molecule has 0 aromatic heterocycles. The van der Waals surface area contributed by atoms with Crippen LogP contribution in [-0.4, -0.2) is 44.6 Å². The Hall–Kier alpha value is -2.65. The quantitative estimate of drug-likeness (QED) is 0.793. The molecule has 0 saturated carbocycles. The molecule has 2 aromatic rings. The fourth-order valence-electron chi connectivity index (χ4n) is 3.10. The summed E-state index contributed by atoms with van der Waals surface area (Å²) in [5.74, 6) is -0.124. The maximum absolute atomic E-state index is 13.0. The van der Waals surface area contributed by atoms with Gasteiger partial charge in [0.15, 0.2) is 0 Å². The zero-order valence-corrected chi connectivity index (χ0v) is 14.4. The molecule has 0 spiro atoms. The Bertz CT molecular complexity index is 949. The third-order valence-corrected chi connectivity index (χ3v) is 5.90. The standard InChI is InChI=1S/C17H16FN3O4S/c18-11-5-7-12(8-6-11)19-17(22)21-9-13-15(10-21)25-14-3-1-2-4-16(14)26(23,24)20-13/h1-8,13,15,20H,9-10H2,(H,19,22). The molecular weight excluding hydrogens is 361 g/mol. The number of fused-ring (bicyclic) bond motifs is 2. The first kappa shape index (κ1) is 16.8. The highest BCUT2D eigenvalue weighted by atomic mass is 32.2. The molecular formula is C17H16FN3O4S. The lowest BCUT2D eigenvalue weighted by atomic mass is 10.2. The van der Waals surface area contributed by atoms with Gasteiger partial charge in [-0.2, -0.15) is 0 Å². The van der Waals surface area contributed by atoms with E-state index in [4.69, 9.17) is 4.74 Å². The Morgan fingerprint density at radius 3 is 2.65 bits per heavy atom. The van der Waals surface area contributed by atoms with Gasteiger partial charge in [0.2, 0.25) is 10.0 Å². The maximum Gasteiger partial charge on any atom is 0.322 e. The zero-order chi connectivity index (χ0) is 18.3. The highest BCUT2D eigenvalue weighted by molar-refractivity contribution is 7.89. The number of para-hydroxylation sites is 1. The predicted octanol–water partition coefficient (Wildman–Crippen LogP) is 1.78. The summed E-state index contributed by atoms with van der Waals surface area (Å²) in [7, 11) is -3.72. The number of urea groups is 1. The Morgan fingerprint density at radius 2 is 1.88 bits per heavy atom. The molecule has 2 atom stereocenters. The van der Waals surface area contributed by atoms with Crippen molar-refractivity contribution in [3.63, 3.8) is 0 Å². The molecule has 2 amide bonds. The monoisotopic (exact) mass is 377 g/mol. The lowest BCUT2D eigenvalue weighted by Gasteiger charge is -2.18. The van der Waals surface area contributed by atoms with Crippen LogP contribution in [0.1, 0.15) is 0 Å². The molecule has 136 valence electrons. The van der Waals surface area contributed by atoms with Crippen molar-refractivity contribution < 1.29 is 22.3 Å². The fraction of sp³-hybridized carbons (Fsp3) is 0.235. The molecule has 2 aromatic carbocycles. The Labute approximate surface area is 149 Å². The van der Waals surface area contributed by atoms with E-state index in [0.717, 1.165) is 0 Å². The summed E-state index contributed by atoms with van der Waals surface area (Å²) in [4.78, 5) is 14.0.